The van der Waals surface area contributed by atoms with E-state index in [9.17, 15) is 9.59 Å². The number of rotatable bonds is 2. The fraction of sp³-hybridized carbons (Fsp3) is 0.500. The monoisotopic (exact) mass is 194 g/mol. The highest BCUT2D eigenvalue weighted by molar-refractivity contribution is 6.00. The average Bonchev–Trinajstić information content (AvgIpc) is 2.48. The van der Waals surface area contributed by atoms with E-state index in [0.717, 1.165) is 0 Å². The standard InChI is InChI=1S/C10H14N2O2/c1-6(13)7-5-8(12-11-7)9(14)10(2,3)4/h5H,1-4H3,(H,11,12). The summed E-state index contributed by atoms with van der Waals surface area (Å²) in [4.78, 5) is 22.7. The van der Waals surface area contributed by atoms with Crippen LogP contribution in [0.25, 0.3) is 0 Å². The molecular formula is C10H14N2O2. The predicted octanol–water partition coefficient (Wildman–Crippen LogP) is 1.84. The quantitative estimate of drug-likeness (QED) is 0.730. The van der Waals surface area contributed by atoms with E-state index >= 15 is 0 Å². The fourth-order valence-corrected chi connectivity index (χ4v) is 1.02. The van der Waals surface area contributed by atoms with Gasteiger partial charge in [0, 0.05) is 12.3 Å². The molecule has 0 amide bonds. The minimum absolute atomic E-state index is 0.0440. The van der Waals surface area contributed by atoms with Gasteiger partial charge in [0.2, 0.25) is 0 Å². The molecule has 0 bridgehead atoms. The first-order valence-electron chi connectivity index (χ1n) is 4.43. The van der Waals surface area contributed by atoms with Gasteiger partial charge in [0.1, 0.15) is 11.4 Å². The van der Waals surface area contributed by atoms with Crippen molar-refractivity contribution in [2.75, 3.05) is 0 Å². The van der Waals surface area contributed by atoms with Gasteiger partial charge in [-0.25, -0.2) is 0 Å². The lowest BCUT2D eigenvalue weighted by Gasteiger charge is -2.14. The maximum Gasteiger partial charge on any atom is 0.185 e. The van der Waals surface area contributed by atoms with Crippen LogP contribution in [-0.4, -0.2) is 21.8 Å². The summed E-state index contributed by atoms with van der Waals surface area (Å²) in [6.07, 6.45) is 0. The SMILES string of the molecule is CC(=O)c1cc(C(=O)C(C)(C)C)[nH]n1. The Balaban J connectivity index is 2.99. The van der Waals surface area contributed by atoms with Gasteiger partial charge >= 0.3 is 0 Å². The Morgan fingerprint density at radius 2 is 1.93 bits per heavy atom. The lowest BCUT2D eigenvalue weighted by atomic mass is 9.89. The summed E-state index contributed by atoms with van der Waals surface area (Å²) in [7, 11) is 0. The number of carbonyl (C=O) groups excluding carboxylic acids is 2. The Morgan fingerprint density at radius 3 is 2.29 bits per heavy atom. The number of aromatic nitrogens is 2. The molecule has 0 radical (unpaired) electrons. The van der Waals surface area contributed by atoms with E-state index in [2.05, 4.69) is 10.2 Å². The van der Waals surface area contributed by atoms with Gasteiger partial charge in [-0.2, -0.15) is 5.10 Å². The van der Waals surface area contributed by atoms with Gasteiger partial charge in [-0.3, -0.25) is 14.7 Å². The third-order valence-electron chi connectivity index (χ3n) is 1.86. The first kappa shape index (κ1) is 10.6. The number of hydrogen-bond acceptors (Lipinski definition) is 3. The Kier molecular flexibility index (Phi) is 2.55. The molecule has 4 nitrogen and oxygen atoms in total. The highest BCUT2D eigenvalue weighted by atomic mass is 16.1. The number of H-pyrrole nitrogens is 1. The summed E-state index contributed by atoms with van der Waals surface area (Å²) >= 11 is 0. The largest absolute Gasteiger partial charge is 0.293 e. The average molecular weight is 194 g/mol. The molecule has 0 fully saturated rings. The van der Waals surface area contributed by atoms with Crippen molar-refractivity contribution in [3.8, 4) is 0 Å². The zero-order valence-corrected chi connectivity index (χ0v) is 8.84. The molecule has 4 heteroatoms. The number of aromatic amines is 1. The zero-order chi connectivity index (χ0) is 10.9. The number of hydrogen-bond donors (Lipinski definition) is 1. The number of Topliss-reactive ketones (excluding diaryl/α,β-unsaturated/α-hetero) is 2. The summed E-state index contributed by atoms with van der Waals surface area (Å²) in [5.74, 6) is -0.188. The molecule has 0 spiro atoms. The first-order valence-corrected chi connectivity index (χ1v) is 4.43. The molecular weight excluding hydrogens is 180 g/mol. The van der Waals surface area contributed by atoms with Crippen molar-refractivity contribution >= 4 is 11.6 Å². The molecule has 1 rings (SSSR count). The zero-order valence-electron chi connectivity index (χ0n) is 8.84. The Labute approximate surface area is 82.7 Å². The summed E-state index contributed by atoms with van der Waals surface area (Å²) < 4.78 is 0. The molecule has 1 aromatic heterocycles. The molecule has 0 atom stereocenters. The van der Waals surface area contributed by atoms with E-state index in [0.29, 0.717) is 11.4 Å². The minimum atomic E-state index is -0.458. The van der Waals surface area contributed by atoms with E-state index in [1.54, 1.807) is 0 Å². The van der Waals surface area contributed by atoms with E-state index in [1.807, 2.05) is 20.8 Å². The molecule has 0 saturated carbocycles. The molecule has 0 aliphatic carbocycles. The fourth-order valence-electron chi connectivity index (χ4n) is 1.02. The third-order valence-corrected chi connectivity index (χ3v) is 1.86. The second-order valence-corrected chi connectivity index (χ2v) is 4.30. The van der Waals surface area contributed by atoms with Crippen LogP contribution in [0.15, 0.2) is 6.07 Å². The Morgan fingerprint density at radius 1 is 1.36 bits per heavy atom. The molecule has 0 unspecified atom stereocenters. The normalized spacial score (nSPS) is 11.4. The lowest BCUT2D eigenvalue weighted by molar-refractivity contribution is 0.0852. The summed E-state index contributed by atoms with van der Waals surface area (Å²) in [6.45, 7) is 6.89. The second kappa shape index (κ2) is 3.36. The van der Waals surface area contributed by atoms with E-state index in [4.69, 9.17) is 0 Å². The van der Waals surface area contributed by atoms with E-state index in [-0.39, 0.29) is 11.6 Å². The summed E-state index contributed by atoms with van der Waals surface area (Å²) in [6, 6.07) is 1.50. The van der Waals surface area contributed by atoms with Crippen molar-refractivity contribution in [3.63, 3.8) is 0 Å². The summed E-state index contributed by atoms with van der Waals surface area (Å²) in [5.41, 5.74) is 0.237. The number of ketones is 2. The van der Waals surface area contributed by atoms with E-state index < -0.39 is 5.41 Å². The van der Waals surface area contributed by atoms with Crippen LogP contribution in [0.4, 0.5) is 0 Å². The molecule has 14 heavy (non-hydrogen) atoms. The van der Waals surface area contributed by atoms with Crippen LogP contribution in [0, 0.1) is 5.41 Å². The van der Waals surface area contributed by atoms with E-state index in [1.165, 1.54) is 13.0 Å². The van der Waals surface area contributed by atoms with Crippen molar-refractivity contribution in [3.05, 3.63) is 17.5 Å². The van der Waals surface area contributed by atoms with Crippen molar-refractivity contribution in [2.24, 2.45) is 5.41 Å². The van der Waals surface area contributed by atoms with Gasteiger partial charge < -0.3 is 0 Å². The molecule has 1 aromatic rings. The maximum atomic E-state index is 11.7. The number of carbonyl (C=O) groups is 2. The van der Waals surface area contributed by atoms with Gasteiger partial charge in [-0.05, 0) is 6.07 Å². The van der Waals surface area contributed by atoms with Crippen LogP contribution >= 0.6 is 0 Å². The molecule has 1 heterocycles. The Bertz CT molecular complexity index is 372. The third kappa shape index (κ3) is 2.07. The van der Waals surface area contributed by atoms with Gasteiger partial charge in [-0.15, -0.1) is 0 Å². The Hall–Kier alpha value is -1.45. The van der Waals surface area contributed by atoms with Gasteiger partial charge in [0.05, 0.1) is 0 Å². The van der Waals surface area contributed by atoms with Crippen LogP contribution in [-0.2, 0) is 0 Å². The second-order valence-electron chi connectivity index (χ2n) is 4.30. The smallest absolute Gasteiger partial charge is 0.185 e. The van der Waals surface area contributed by atoms with Crippen LogP contribution in [0.2, 0.25) is 0 Å². The van der Waals surface area contributed by atoms with Crippen molar-refractivity contribution in [1.82, 2.24) is 10.2 Å². The molecule has 0 aliphatic rings. The first-order chi connectivity index (χ1) is 6.32. The van der Waals surface area contributed by atoms with Gasteiger partial charge in [0.15, 0.2) is 11.6 Å². The molecule has 0 aliphatic heterocycles. The highest BCUT2D eigenvalue weighted by Crippen LogP contribution is 2.19. The molecule has 1 N–H and O–H groups in total. The molecule has 0 saturated heterocycles. The number of nitrogens with one attached hydrogen (secondary N) is 1. The maximum absolute atomic E-state index is 11.7. The topological polar surface area (TPSA) is 62.8 Å². The number of nitrogens with zero attached hydrogens (tertiary/aromatic N) is 1. The van der Waals surface area contributed by atoms with Crippen LogP contribution in [0.3, 0.4) is 0 Å². The van der Waals surface area contributed by atoms with Crippen molar-refractivity contribution < 1.29 is 9.59 Å². The van der Waals surface area contributed by atoms with Crippen LogP contribution < -0.4 is 0 Å². The molecule has 76 valence electrons. The van der Waals surface area contributed by atoms with Crippen molar-refractivity contribution in [1.29, 1.82) is 0 Å². The van der Waals surface area contributed by atoms with Crippen LogP contribution in [0.5, 0.6) is 0 Å². The van der Waals surface area contributed by atoms with Gasteiger partial charge in [0.25, 0.3) is 0 Å². The van der Waals surface area contributed by atoms with Crippen LogP contribution in [0.1, 0.15) is 48.7 Å². The summed E-state index contributed by atoms with van der Waals surface area (Å²) in [5, 5.41) is 6.33. The molecule has 0 aromatic carbocycles. The van der Waals surface area contributed by atoms with Crippen molar-refractivity contribution in [2.45, 2.75) is 27.7 Å². The lowest BCUT2D eigenvalue weighted by Crippen LogP contribution is -2.20. The van der Waals surface area contributed by atoms with Gasteiger partial charge in [-0.1, -0.05) is 20.8 Å². The minimum Gasteiger partial charge on any atom is -0.293 e. The highest BCUT2D eigenvalue weighted by Gasteiger charge is 2.24. The predicted molar refractivity (Wildman–Crippen MR) is 52.4 cm³/mol.